The molecule has 82 valence electrons. The molecule has 0 bridgehead atoms. The number of nitrogens with one attached hydrogen (secondary N) is 2. The summed E-state index contributed by atoms with van der Waals surface area (Å²) < 4.78 is 0. The van der Waals surface area contributed by atoms with Crippen LogP contribution in [0.5, 0.6) is 0 Å². The first-order valence-corrected chi connectivity index (χ1v) is 6.08. The molecule has 0 aromatic rings. The van der Waals surface area contributed by atoms with Gasteiger partial charge in [-0.2, -0.15) is 11.8 Å². The van der Waals surface area contributed by atoms with E-state index < -0.39 is 0 Å². The number of nitrogens with zero attached hydrogens (tertiary/aromatic N) is 1. The summed E-state index contributed by atoms with van der Waals surface area (Å²) in [6.07, 6.45) is 2.63. The van der Waals surface area contributed by atoms with Crippen LogP contribution in [0.1, 0.15) is 12.8 Å². The SMILES string of the molecule is CN=C(NCCO)NCC1CCCS1. The molecule has 0 aromatic heterocycles. The largest absolute Gasteiger partial charge is 0.395 e. The second-order valence-corrected chi connectivity index (χ2v) is 4.65. The van der Waals surface area contributed by atoms with Crippen molar-refractivity contribution in [2.75, 3.05) is 32.5 Å². The lowest BCUT2D eigenvalue weighted by Crippen LogP contribution is -2.41. The Morgan fingerprint density at radius 3 is 3.00 bits per heavy atom. The molecule has 0 saturated carbocycles. The maximum atomic E-state index is 8.64. The van der Waals surface area contributed by atoms with E-state index in [0.717, 1.165) is 17.8 Å². The highest BCUT2D eigenvalue weighted by molar-refractivity contribution is 8.00. The number of aliphatic imine (C=N–C) groups is 1. The third kappa shape index (κ3) is 4.19. The molecule has 1 saturated heterocycles. The monoisotopic (exact) mass is 217 g/mol. The van der Waals surface area contributed by atoms with Crippen LogP contribution >= 0.6 is 11.8 Å². The van der Waals surface area contributed by atoms with Crippen LogP contribution in [0.3, 0.4) is 0 Å². The molecule has 14 heavy (non-hydrogen) atoms. The molecule has 5 heteroatoms. The van der Waals surface area contributed by atoms with Gasteiger partial charge in [0.2, 0.25) is 0 Å². The normalized spacial score (nSPS) is 22.4. The molecular formula is C9H19N3OS. The number of hydrogen-bond donors (Lipinski definition) is 3. The lowest BCUT2D eigenvalue weighted by atomic mass is 10.2. The van der Waals surface area contributed by atoms with Crippen molar-refractivity contribution in [3.63, 3.8) is 0 Å². The molecule has 3 N–H and O–H groups in total. The van der Waals surface area contributed by atoms with Gasteiger partial charge in [0, 0.05) is 25.4 Å². The van der Waals surface area contributed by atoms with Gasteiger partial charge in [-0.05, 0) is 18.6 Å². The summed E-state index contributed by atoms with van der Waals surface area (Å²) >= 11 is 2.02. The van der Waals surface area contributed by atoms with Crippen LogP contribution in [0, 0.1) is 0 Å². The van der Waals surface area contributed by atoms with Crippen molar-refractivity contribution < 1.29 is 5.11 Å². The van der Waals surface area contributed by atoms with Crippen LogP contribution in [0.2, 0.25) is 0 Å². The molecule has 0 spiro atoms. The fourth-order valence-corrected chi connectivity index (χ4v) is 2.61. The van der Waals surface area contributed by atoms with Crippen LogP contribution in [-0.4, -0.2) is 48.8 Å². The predicted octanol–water partition coefficient (Wildman–Crippen LogP) is 0.0393. The van der Waals surface area contributed by atoms with E-state index in [1.165, 1.54) is 18.6 Å². The maximum Gasteiger partial charge on any atom is 0.191 e. The maximum absolute atomic E-state index is 8.64. The Labute approximate surface area is 89.6 Å². The highest BCUT2D eigenvalue weighted by Crippen LogP contribution is 2.24. The average molecular weight is 217 g/mol. The minimum Gasteiger partial charge on any atom is -0.395 e. The van der Waals surface area contributed by atoms with Gasteiger partial charge in [0.05, 0.1) is 6.61 Å². The summed E-state index contributed by atoms with van der Waals surface area (Å²) in [5.41, 5.74) is 0. The topological polar surface area (TPSA) is 56.7 Å². The van der Waals surface area contributed by atoms with E-state index in [2.05, 4.69) is 15.6 Å². The number of hydrogen-bond acceptors (Lipinski definition) is 3. The number of rotatable bonds is 4. The molecule has 1 aliphatic heterocycles. The highest BCUT2D eigenvalue weighted by atomic mass is 32.2. The van der Waals surface area contributed by atoms with Crippen molar-refractivity contribution >= 4 is 17.7 Å². The van der Waals surface area contributed by atoms with E-state index in [1.54, 1.807) is 7.05 Å². The Kier molecular flexibility index (Phi) is 5.78. The van der Waals surface area contributed by atoms with Gasteiger partial charge in [-0.3, -0.25) is 4.99 Å². The zero-order valence-electron chi connectivity index (χ0n) is 8.62. The Morgan fingerprint density at radius 2 is 2.43 bits per heavy atom. The molecule has 1 rings (SSSR count). The molecule has 1 unspecified atom stereocenters. The molecule has 0 amide bonds. The van der Waals surface area contributed by atoms with Gasteiger partial charge in [-0.1, -0.05) is 0 Å². The van der Waals surface area contributed by atoms with E-state index in [0.29, 0.717) is 6.54 Å². The van der Waals surface area contributed by atoms with Crippen molar-refractivity contribution in [1.29, 1.82) is 0 Å². The second kappa shape index (κ2) is 6.95. The van der Waals surface area contributed by atoms with Gasteiger partial charge in [-0.15, -0.1) is 0 Å². The minimum atomic E-state index is 0.138. The van der Waals surface area contributed by atoms with E-state index >= 15 is 0 Å². The van der Waals surface area contributed by atoms with E-state index in [4.69, 9.17) is 5.11 Å². The van der Waals surface area contributed by atoms with E-state index in [1.807, 2.05) is 11.8 Å². The Bertz CT molecular complexity index is 181. The van der Waals surface area contributed by atoms with Crippen LogP contribution in [0.25, 0.3) is 0 Å². The van der Waals surface area contributed by atoms with Crippen LogP contribution in [0.4, 0.5) is 0 Å². The van der Waals surface area contributed by atoms with Crippen molar-refractivity contribution in [3.05, 3.63) is 0 Å². The van der Waals surface area contributed by atoms with Crippen molar-refractivity contribution in [3.8, 4) is 0 Å². The van der Waals surface area contributed by atoms with Gasteiger partial charge in [0.15, 0.2) is 5.96 Å². The Morgan fingerprint density at radius 1 is 1.57 bits per heavy atom. The molecule has 4 nitrogen and oxygen atoms in total. The van der Waals surface area contributed by atoms with Gasteiger partial charge >= 0.3 is 0 Å². The van der Waals surface area contributed by atoms with Crippen molar-refractivity contribution in [1.82, 2.24) is 10.6 Å². The lowest BCUT2D eigenvalue weighted by Gasteiger charge is -2.13. The number of aliphatic hydroxyl groups is 1. The van der Waals surface area contributed by atoms with Crippen LogP contribution < -0.4 is 10.6 Å². The van der Waals surface area contributed by atoms with Gasteiger partial charge in [0.25, 0.3) is 0 Å². The molecule has 1 heterocycles. The van der Waals surface area contributed by atoms with Gasteiger partial charge in [0.1, 0.15) is 0 Å². The molecule has 1 fully saturated rings. The zero-order valence-corrected chi connectivity index (χ0v) is 9.44. The highest BCUT2D eigenvalue weighted by Gasteiger charge is 2.15. The third-order valence-corrected chi connectivity index (χ3v) is 3.55. The number of guanidine groups is 1. The average Bonchev–Trinajstić information content (AvgIpc) is 2.71. The summed E-state index contributed by atoms with van der Waals surface area (Å²) in [5.74, 6) is 2.07. The molecule has 0 aliphatic carbocycles. The Hall–Kier alpha value is -0.420. The third-order valence-electron chi connectivity index (χ3n) is 2.15. The summed E-state index contributed by atoms with van der Waals surface area (Å²) in [5, 5.41) is 15.6. The fraction of sp³-hybridized carbons (Fsp3) is 0.889. The summed E-state index contributed by atoms with van der Waals surface area (Å²) in [6.45, 7) is 1.66. The van der Waals surface area contributed by atoms with Crippen LogP contribution in [-0.2, 0) is 0 Å². The number of thioether (sulfide) groups is 1. The molecule has 1 atom stereocenters. The Balaban J connectivity index is 2.13. The van der Waals surface area contributed by atoms with E-state index in [9.17, 15) is 0 Å². The summed E-state index contributed by atoms with van der Waals surface area (Å²) in [7, 11) is 1.74. The second-order valence-electron chi connectivity index (χ2n) is 3.24. The molecule has 0 radical (unpaired) electrons. The van der Waals surface area contributed by atoms with Crippen molar-refractivity contribution in [2.45, 2.75) is 18.1 Å². The molecule has 0 aromatic carbocycles. The van der Waals surface area contributed by atoms with Gasteiger partial charge < -0.3 is 15.7 Å². The molecule has 1 aliphatic rings. The van der Waals surface area contributed by atoms with Crippen LogP contribution in [0.15, 0.2) is 4.99 Å². The predicted molar refractivity (Wildman–Crippen MR) is 61.9 cm³/mol. The first kappa shape index (κ1) is 11.7. The smallest absolute Gasteiger partial charge is 0.191 e. The van der Waals surface area contributed by atoms with Gasteiger partial charge in [-0.25, -0.2) is 0 Å². The fourth-order valence-electron chi connectivity index (χ4n) is 1.41. The summed E-state index contributed by atoms with van der Waals surface area (Å²) in [6, 6.07) is 0. The number of aliphatic hydroxyl groups excluding tert-OH is 1. The minimum absolute atomic E-state index is 0.138. The zero-order chi connectivity index (χ0) is 10.2. The lowest BCUT2D eigenvalue weighted by molar-refractivity contribution is 0.300. The standard InChI is InChI=1S/C9H19N3OS/c1-10-9(11-4-5-13)12-7-8-3-2-6-14-8/h8,13H,2-7H2,1H3,(H2,10,11,12). The first-order valence-electron chi connectivity index (χ1n) is 5.04. The quantitative estimate of drug-likeness (QED) is 0.460. The summed E-state index contributed by atoms with van der Waals surface area (Å²) in [4.78, 5) is 4.06. The first-order chi connectivity index (χ1) is 6.86. The molecular weight excluding hydrogens is 198 g/mol. The van der Waals surface area contributed by atoms with Crippen molar-refractivity contribution in [2.24, 2.45) is 4.99 Å². The van der Waals surface area contributed by atoms with E-state index in [-0.39, 0.29) is 6.61 Å².